The van der Waals surface area contributed by atoms with Crippen molar-refractivity contribution in [1.82, 2.24) is 9.97 Å². The first-order chi connectivity index (χ1) is 11.9. The van der Waals surface area contributed by atoms with Crippen molar-refractivity contribution in [2.24, 2.45) is 0 Å². The SMILES string of the molecule is CCCc1cc(=O)[nH]c(SC(CC)C(=O)Nc2ccc(C)cc2C)n1. The van der Waals surface area contributed by atoms with Crippen LogP contribution in [0.3, 0.4) is 0 Å². The zero-order valence-corrected chi connectivity index (χ0v) is 16.0. The number of aromatic nitrogens is 2. The van der Waals surface area contributed by atoms with Crippen LogP contribution in [0.1, 0.15) is 43.5 Å². The van der Waals surface area contributed by atoms with Crippen molar-refractivity contribution in [1.29, 1.82) is 0 Å². The van der Waals surface area contributed by atoms with Gasteiger partial charge in [0.2, 0.25) is 5.91 Å². The quantitative estimate of drug-likeness (QED) is 0.582. The summed E-state index contributed by atoms with van der Waals surface area (Å²) in [6, 6.07) is 7.45. The zero-order chi connectivity index (χ0) is 18.4. The third-order valence-corrected chi connectivity index (χ3v) is 5.08. The number of nitrogens with one attached hydrogen (secondary N) is 2. The van der Waals surface area contributed by atoms with Crippen molar-refractivity contribution < 1.29 is 4.79 Å². The number of carbonyl (C=O) groups excluding carboxylic acids is 1. The summed E-state index contributed by atoms with van der Waals surface area (Å²) in [5.74, 6) is -0.0806. The smallest absolute Gasteiger partial charge is 0.251 e. The minimum Gasteiger partial charge on any atom is -0.325 e. The number of carbonyl (C=O) groups is 1. The Kier molecular flexibility index (Phi) is 6.82. The molecule has 0 aliphatic carbocycles. The molecule has 0 radical (unpaired) electrons. The van der Waals surface area contributed by atoms with Gasteiger partial charge in [-0.25, -0.2) is 4.98 Å². The van der Waals surface area contributed by atoms with Crippen LogP contribution in [-0.2, 0) is 11.2 Å². The van der Waals surface area contributed by atoms with E-state index in [0.29, 0.717) is 11.6 Å². The van der Waals surface area contributed by atoms with Crippen molar-refractivity contribution in [3.05, 3.63) is 51.4 Å². The van der Waals surface area contributed by atoms with Gasteiger partial charge in [0.25, 0.3) is 5.56 Å². The van der Waals surface area contributed by atoms with Gasteiger partial charge in [-0.05, 0) is 38.3 Å². The lowest BCUT2D eigenvalue weighted by atomic mass is 10.1. The number of H-pyrrole nitrogens is 1. The maximum atomic E-state index is 12.6. The molecule has 0 aliphatic heterocycles. The van der Waals surface area contributed by atoms with Gasteiger partial charge in [-0.15, -0.1) is 0 Å². The average Bonchev–Trinajstić information content (AvgIpc) is 2.55. The van der Waals surface area contributed by atoms with E-state index in [0.717, 1.165) is 35.3 Å². The van der Waals surface area contributed by atoms with E-state index in [2.05, 4.69) is 15.3 Å². The second kappa shape index (κ2) is 8.85. The van der Waals surface area contributed by atoms with E-state index in [4.69, 9.17) is 0 Å². The predicted octanol–water partition coefficient (Wildman–Crippen LogP) is 3.85. The Morgan fingerprint density at radius 3 is 2.68 bits per heavy atom. The lowest BCUT2D eigenvalue weighted by Gasteiger charge is -2.16. The van der Waals surface area contributed by atoms with Gasteiger partial charge in [0, 0.05) is 17.4 Å². The molecule has 0 aliphatic rings. The summed E-state index contributed by atoms with van der Waals surface area (Å²) in [7, 11) is 0. The molecule has 0 saturated heterocycles. The van der Waals surface area contributed by atoms with Gasteiger partial charge >= 0.3 is 0 Å². The van der Waals surface area contributed by atoms with E-state index < -0.39 is 0 Å². The average molecular weight is 359 g/mol. The van der Waals surface area contributed by atoms with Gasteiger partial charge in [-0.3, -0.25) is 9.59 Å². The van der Waals surface area contributed by atoms with E-state index >= 15 is 0 Å². The number of thioether (sulfide) groups is 1. The van der Waals surface area contributed by atoms with Crippen LogP contribution in [0, 0.1) is 13.8 Å². The Morgan fingerprint density at radius 2 is 2.04 bits per heavy atom. The minimum absolute atomic E-state index is 0.0806. The summed E-state index contributed by atoms with van der Waals surface area (Å²) in [6.07, 6.45) is 2.32. The molecular weight excluding hydrogens is 334 g/mol. The third-order valence-electron chi connectivity index (χ3n) is 3.84. The third kappa shape index (κ3) is 5.46. The molecule has 1 amide bonds. The molecule has 6 heteroatoms. The Balaban J connectivity index is 2.13. The van der Waals surface area contributed by atoms with Gasteiger partial charge in [-0.2, -0.15) is 0 Å². The van der Waals surface area contributed by atoms with Gasteiger partial charge in [0.1, 0.15) is 0 Å². The Morgan fingerprint density at radius 1 is 1.28 bits per heavy atom. The minimum atomic E-state index is -0.319. The largest absolute Gasteiger partial charge is 0.325 e. The van der Waals surface area contributed by atoms with Crippen LogP contribution in [0.5, 0.6) is 0 Å². The number of aryl methyl sites for hydroxylation is 3. The van der Waals surface area contributed by atoms with E-state index in [1.54, 1.807) is 0 Å². The fourth-order valence-corrected chi connectivity index (χ4v) is 3.48. The highest BCUT2D eigenvalue weighted by atomic mass is 32.2. The topological polar surface area (TPSA) is 74.8 Å². The Hall–Kier alpha value is -2.08. The molecule has 0 spiro atoms. The van der Waals surface area contributed by atoms with Crippen molar-refractivity contribution in [3.8, 4) is 0 Å². The van der Waals surface area contributed by atoms with Gasteiger partial charge in [-0.1, -0.05) is 49.7 Å². The monoisotopic (exact) mass is 359 g/mol. The maximum Gasteiger partial charge on any atom is 0.251 e. The molecule has 134 valence electrons. The van der Waals surface area contributed by atoms with Crippen LogP contribution in [0.15, 0.2) is 34.2 Å². The normalized spacial score (nSPS) is 12.0. The summed E-state index contributed by atoms with van der Waals surface area (Å²) < 4.78 is 0. The summed E-state index contributed by atoms with van der Waals surface area (Å²) in [5.41, 5.74) is 3.59. The van der Waals surface area contributed by atoms with E-state index in [1.165, 1.54) is 17.8 Å². The van der Waals surface area contributed by atoms with Crippen LogP contribution in [0.2, 0.25) is 0 Å². The Bertz CT molecular complexity index is 801. The van der Waals surface area contributed by atoms with Crippen molar-refractivity contribution in [3.63, 3.8) is 0 Å². The van der Waals surface area contributed by atoms with Gasteiger partial charge < -0.3 is 10.3 Å². The highest BCUT2D eigenvalue weighted by Crippen LogP contribution is 2.24. The maximum absolute atomic E-state index is 12.6. The molecule has 0 bridgehead atoms. The molecule has 1 aromatic heterocycles. The number of anilines is 1. The number of aromatic amines is 1. The molecule has 1 atom stereocenters. The highest BCUT2D eigenvalue weighted by Gasteiger charge is 2.20. The summed E-state index contributed by atoms with van der Waals surface area (Å²) in [4.78, 5) is 31.6. The van der Waals surface area contributed by atoms with Crippen molar-refractivity contribution in [2.45, 2.75) is 57.4 Å². The van der Waals surface area contributed by atoms with Crippen molar-refractivity contribution >= 4 is 23.4 Å². The predicted molar refractivity (Wildman–Crippen MR) is 103 cm³/mol. The summed E-state index contributed by atoms with van der Waals surface area (Å²) in [5, 5.41) is 3.16. The van der Waals surface area contributed by atoms with Gasteiger partial charge in [0.15, 0.2) is 5.16 Å². The number of rotatable bonds is 7. The molecule has 0 saturated carbocycles. The molecule has 1 aromatic carbocycles. The molecule has 1 unspecified atom stereocenters. The molecule has 2 N–H and O–H groups in total. The summed E-state index contributed by atoms with van der Waals surface area (Å²) >= 11 is 1.30. The standard InChI is InChI=1S/C19H25N3O2S/c1-5-7-14-11-17(23)22-19(20-14)25-16(6-2)18(24)21-15-9-8-12(3)10-13(15)4/h8-11,16H,5-7H2,1-4H3,(H,21,24)(H,20,22,23). The molecule has 2 rings (SSSR count). The van der Waals surface area contributed by atoms with Crippen LogP contribution in [-0.4, -0.2) is 21.1 Å². The number of nitrogens with zero attached hydrogens (tertiary/aromatic N) is 1. The van der Waals surface area contributed by atoms with Crippen LogP contribution >= 0.6 is 11.8 Å². The number of amides is 1. The van der Waals surface area contributed by atoms with Crippen LogP contribution in [0.4, 0.5) is 5.69 Å². The molecule has 25 heavy (non-hydrogen) atoms. The molecular formula is C19H25N3O2S. The molecule has 1 heterocycles. The second-order valence-electron chi connectivity index (χ2n) is 6.11. The molecule has 2 aromatic rings. The van der Waals surface area contributed by atoms with E-state index in [1.807, 2.05) is 45.9 Å². The fraction of sp³-hybridized carbons (Fsp3) is 0.421. The van der Waals surface area contributed by atoms with Gasteiger partial charge in [0.05, 0.1) is 5.25 Å². The van der Waals surface area contributed by atoms with E-state index in [9.17, 15) is 9.59 Å². The number of hydrogen-bond acceptors (Lipinski definition) is 4. The first-order valence-corrected chi connectivity index (χ1v) is 9.46. The summed E-state index contributed by atoms with van der Waals surface area (Å²) in [6.45, 7) is 7.99. The molecule has 0 fully saturated rings. The lowest BCUT2D eigenvalue weighted by Crippen LogP contribution is -2.25. The zero-order valence-electron chi connectivity index (χ0n) is 15.2. The first-order valence-electron chi connectivity index (χ1n) is 8.58. The van der Waals surface area contributed by atoms with Crippen LogP contribution < -0.4 is 10.9 Å². The second-order valence-corrected chi connectivity index (χ2v) is 7.31. The first kappa shape index (κ1) is 19.2. The number of hydrogen-bond donors (Lipinski definition) is 2. The van der Waals surface area contributed by atoms with E-state index in [-0.39, 0.29) is 16.7 Å². The Labute approximate surface area is 152 Å². The van der Waals surface area contributed by atoms with Crippen LogP contribution in [0.25, 0.3) is 0 Å². The molecule has 5 nitrogen and oxygen atoms in total. The fourth-order valence-electron chi connectivity index (χ4n) is 2.55. The lowest BCUT2D eigenvalue weighted by molar-refractivity contribution is -0.115. The highest BCUT2D eigenvalue weighted by molar-refractivity contribution is 8.00. The van der Waals surface area contributed by atoms with Crippen molar-refractivity contribution in [2.75, 3.05) is 5.32 Å². The number of benzene rings is 1.